The molecule has 2 rings (SSSR count). The van der Waals surface area contributed by atoms with Crippen LogP contribution in [0.2, 0.25) is 0 Å². The first-order chi connectivity index (χ1) is 8.04. The van der Waals surface area contributed by atoms with Gasteiger partial charge in [-0.25, -0.2) is 9.66 Å². The first-order valence-corrected chi connectivity index (χ1v) is 6.23. The molecule has 0 unspecified atom stereocenters. The van der Waals surface area contributed by atoms with E-state index in [-0.39, 0.29) is 11.4 Å². The van der Waals surface area contributed by atoms with Crippen molar-refractivity contribution in [2.24, 2.45) is 0 Å². The van der Waals surface area contributed by atoms with E-state index in [2.05, 4.69) is 10.4 Å². The average molecular weight is 272 g/mol. The van der Waals surface area contributed by atoms with Gasteiger partial charge in [0.25, 0.3) is 11.5 Å². The van der Waals surface area contributed by atoms with Crippen LogP contribution >= 0.6 is 22.9 Å². The van der Waals surface area contributed by atoms with Crippen molar-refractivity contribution in [3.05, 3.63) is 27.1 Å². The lowest BCUT2D eigenvalue weighted by molar-refractivity contribution is -0.114. The summed E-state index contributed by atoms with van der Waals surface area (Å²) >= 11 is 6.83. The van der Waals surface area contributed by atoms with Crippen LogP contribution in [0.15, 0.2) is 11.1 Å². The fourth-order valence-corrected chi connectivity index (χ4v) is 2.53. The molecule has 0 aliphatic carbocycles. The Kier molecular flexibility index (Phi) is 3.17. The minimum absolute atomic E-state index is 0.202. The molecule has 90 valence electrons. The van der Waals surface area contributed by atoms with Gasteiger partial charge in [0.1, 0.15) is 17.0 Å². The molecule has 0 spiro atoms. The van der Waals surface area contributed by atoms with Crippen LogP contribution in [0.4, 0.5) is 0 Å². The standard InChI is InChI=1S/C10H10ClN3O2S/c1-5-6(2)17-9-8(5)10(16)14(4-12-9)13-7(15)3-11/h4H,3H2,1-2H3,(H,13,15). The van der Waals surface area contributed by atoms with E-state index >= 15 is 0 Å². The highest BCUT2D eigenvalue weighted by molar-refractivity contribution is 7.18. The molecule has 1 amide bonds. The number of carbonyl (C=O) groups excluding carboxylic acids is 1. The minimum atomic E-state index is -0.445. The SMILES string of the molecule is Cc1sc2ncn(NC(=O)CCl)c(=O)c2c1C. The largest absolute Gasteiger partial charge is 0.281 e. The molecule has 17 heavy (non-hydrogen) atoms. The van der Waals surface area contributed by atoms with Gasteiger partial charge >= 0.3 is 0 Å². The van der Waals surface area contributed by atoms with Crippen molar-refractivity contribution < 1.29 is 4.79 Å². The molecule has 2 heterocycles. The molecule has 0 saturated carbocycles. The molecule has 0 radical (unpaired) electrons. The predicted octanol–water partition coefficient (Wildman–Crippen LogP) is 1.38. The van der Waals surface area contributed by atoms with E-state index in [1.54, 1.807) is 0 Å². The van der Waals surface area contributed by atoms with Crippen molar-refractivity contribution in [3.63, 3.8) is 0 Å². The summed E-state index contributed by atoms with van der Waals surface area (Å²) in [4.78, 5) is 29.1. The van der Waals surface area contributed by atoms with Gasteiger partial charge in [0, 0.05) is 4.88 Å². The van der Waals surface area contributed by atoms with E-state index in [1.807, 2.05) is 13.8 Å². The molecule has 0 aliphatic rings. The van der Waals surface area contributed by atoms with Crippen LogP contribution in [-0.2, 0) is 4.79 Å². The summed E-state index contributed by atoms with van der Waals surface area (Å²) in [5, 5.41) is 0.546. The summed E-state index contributed by atoms with van der Waals surface area (Å²) in [5.41, 5.74) is 2.98. The topological polar surface area (TPSA) is 64.0 Å². The lowest BCUT2D eigenvalue weighted by Gasteiger charge is -2.05. The second-order valence-corrected chi connectivity index (χ2v) is 5.02. The van der Waals surface area contributed by atoms with E-state index in [9.17, 15) is 9.59 Å². The van der Waals surface area contributed by atoms with Crippen LogP contribution in [0.3, 0.4) is 0 Å². The van der Waals surface area contributed by atoms with Gasteiger partial charge in [-0.3, -0.25) is 15.0 Å². The fourth-order valence-electron chi connectivity index (χ4n) is 1.48. The first-order valence-electron chi connectivity index (χ1n) is 4.87. The quantitative estimate of drug-likeness (QED) is 0.840. The van der Waals surface area contributed by atoms with Crippen LogP contribution < -0.4 is 11.0 Å². The Labute approximate surface area is 106 Å². The highest BCUT2D eigenvalue weighted by atomic mass is 35.5. The summed E-state index contributed by atoms with van der Waals surface area (Å²) in [6, 6.07) is 0. The predicted molar refractivity (Wildman–Crippen MR) is 68.4 cm³/mol. The van der Waals surface area contributed by atoms with Crippen LogP contribution in [0.5, 0.6) is 0 Å². The van der Waals surface area contributed by atoms with Crippen LogP contribution in [0.25, 0.3) is 10.2 Å². The third-order valence-electron chi connectivity index (χ3n) is 2.46. The number of fused-ring (bicyclic) bond motifs is 1. The lowest BCUT2D eigenvalue weighted by atomic mass is 10.2. The van der Waals surface area contributed by atoms with Gasteiger partial charge in [-0.05, 0) is 19.4 Å². The van der Waals surface area contributed by atoms with Crippen LogP contribution in [-0.4, -0.2) is 21.4 Å². The number of thiophene rings is 1. The second-order valence-electron chi connectivity index (χ2n) is 3.55. The van der Waals surface area contributed by atoms with E-state index in [0.29, 0.717) is 10.2 Å². The highest BCUT2D eigenvalue weighted by Crippen LogP contribution is 2.25. The molecular weight excluding hydrogens is 262 g/mol. The maximum Gasteiger partial charge on any atom is 0.281 e. The Morgan fingerprint density at radius 1 is 1.59 bits per heavy atom. The number of hydrogen-bond donors (Lipinski definition) is 1. The van der Waals surface area contributed by atoms with E-state index in [4.69, 9.17) is 11.6 Å². The third kappa shape index (κ3) is 2.05. The number of aromatic nitrogens is 2. The monoisotopic (exact) mass is 271 g/mol. The number of nitrogens with one attached hydrogen (secondary N) is 1. The Hall–Kier alpha value is -1.40. The minimum Gasteiger partial charge on any atom is -0.272 e. The highest BCUT2D eigenvalue weighted by Gasteiger charge is 2.12. The molecule has 0 aromatic carbocycles. The number of hydrogen-bond acceptors (Lipinski definition) is 4. The van der Waals surface area contributed by atoms with Crippen molar-refractivity contribution in [3.8, 4) is 0 Å². The van der Waals surface area contributed by atoms with Crippen molar-refractivity contribution >= 4 is 39.1 Å². The first kappa shape index (κ1) is 12.1. The fraction of sp³-hybridized carbons (Fsp3) is 0.300. The number of halogens is 1. The van der Waals surface area contributed by atoms with E-state index in [0.717, 1.165) is 15.1 Å². The Bertz CT molecular complexity index is 647. The lowest BCUT2D eigenvalue weighted by Crippen LogP contribution is -2.33. The average Bonchev–Trinajstić information content (AvgIpc) is 2.59. The molecule has 5 nitrogen and oxygen atoms in total. The molecule has 0 atom stereocenters. The Balaban J connectivity index is 2.61. The van der Waals surface area contributed by atoms with Crippen molar-refractivity contribution in [1.82, 2.24) is 9.66 Å². The smallest absolute Gasteiger partial charge is 0.272 e. The number of nitrogens with zero attached hydrogens (tertiary/aromatic N) is 2. The van der Waals surface area contributed by atoms with Crippen molar-refractivity contribution in [2.45, 2.75) is 13.8 Å². The molecule has 0 fully saturated rings. The molecule has 7 heteroatoms. The van der Waals surface area contributed by atoms with Crippen LogP contribution in [0, 0.1) is 13.8 Å². The van der Waals surface area contributed by atoms with Gasteiger partial charge in [0.15, 0.2) is 0 Å². The normalized spacial score (nSPS) is 10.8. The number of rotatable bonds is 2. The molecule has 1 N–H and O–H groups in total. The summed E-state index contributed by atoms with van der Waals surface area (Å²) in [5.74, 6) is -0.647. The van der Waals surface area contributed by atoms with Crippen LogP contribution in [0.1, 0.15) is 10.4 Å². The molecule has 0 bridgehead atoms. The van der Waals surface area contributed by atoms with E-state index < -0.39 is 5.91 Å². The summed E-state index contributed by atoms with van der Waals surface area (Å²) < 4.78 is 1.06. The Morgan fingerprint density at radius 3 is 2.94 bits per heavy atom. The molecule has 2 aromatic rings. The molecule has 0 saturated heterocycles. The summed E-state index contributed by atoms with van der Waals surface area (Å²) in [6.45, 7) is 3.80. The number of amides is 1. The zero-order chi connectivity index (χ0) is 12.6. The van der Waals surface area contributed by atoms with Gasteiger partial charge in [0.2, 0.25) is 0 Å². The van der Waals surface area contributed by atoms with Gasteiger partial charge in [0.05, 0.1) is 5.39 Å². The zero-order valence-corrected chi connectivity index (χ0v) is 10.9. The Morgan fingerprint density at radius 2 is 2.29 bits per heavy atom. The number of aryl methyl sites for hydroxylation is 2. The molecular formula is C10H10ClN3O2S. The molecule has 0 aliphatic heterocycles. The third-order valence-corrected chi connectivity index (χ3v) is 3.81. The number of carbonyl (C=O) groups is 1. The van der Waals surface area contributed by atoms with Gasteiger partial charge in [-0.2, -0.15) is 0 Å². The van der Waals surface area contributed by atoms with E-state index in [1.165, 1.54) is 17.7 Å². The summed E-state index contributed by atoms with van der Waals surface area (Å²) in [6.07, 6.45) is 1.30. The second kappa shape index (κ2) is 4.46. The summed E-state index contributed by atoms with van der Waals surface area (Å²) in [7, 11) is 0. The van der Waals surface area contributed by atoms with Gasteiger partial charge in [-0.1, -0.05) is 0 Å². The van der Waals surface area contributed by atoms with Crippen molar-refractivity contribution in [2.75, 3.05) is 11.3 Å². The maximum absolute atomic E-state index is 12.1. The molecule has 2 aromatic heterocycles. The van der Waals surface area contributed by atoms with Gasteiger partial charge in [-0.15, -0.1) is 22.9 Å². The zero-order valence-electron chi connectivity index (χ0n) is 9.28. The maximum atomic E-state index is 12.1. The number of alkyl halides is 1. The van der Waals surface area contributed by atoms with Crippen molar-refractivity contribution in [1.29, 1.82) is 0 Å². The van der Waals surface area contributed by atoms with Gasteiger partial charge < -0.3 is 0 Å².